The smallest absolute Gasteiger partial charge is 0.356 e. The summed E-state index contributed by atoms with van der Waals surface area (Å²) in [5.74, 6) is -4.64. The number of para-hydroxylation sites is 1. The first kappa shape index (κ1) is 30.8. The molecule has 4 rings (SSSR count). The third-order valence-electron chi connectivity index (χ3n) is 7.36. The quantitative estimate of drug-likeness (QED) is 0.305. The van der Waals surface area contributed by atoms with Crippen LogP contribution in [0.4, 0.5) is 10.1 Å². The van der Waals surface area contributed by atoms with Crippen molar-refractivity contribution in [2.45, 2.75) is 33.2 Å². The SMILES string of the molecule is CC1=C(C(=O)N(CC(C)C)[C@@H]2CNC[C@H](C(=O)N3CCOCC3)C2)NN(/C(=C/C(=O)O)C(=O)O)N1c1ccccc1F. The van der Waals surface area contributed by atoms with Gasteiger partial charge >= 0.3 is 11.9 Å². The first-order valence-corrected chi connectivity index (χ1v) is 13.9. The minimum absolute atomic E-state index is 0.00337. The molecule has 1 aromatic carbocycles. The normalized spacial score (nSPS) is 21.5. The molecule has 0 bridgehead atoms. The zero-order valence-electron chi connectivity index (χ0n) is 23.9. The van der Waals surface area contributed by atoms with Gasteiger partial charge in [-0.2, -0.15) is 5.12 Å². The van der Waals surface area contributed by atoms with E-state index in [2.05, 4.69) is 10.7 Å². The van der Waals surface area contributed by atoms with Crippen molar-refractivity contribution >= 4 is 29.4 Å². The minimum Gasteiger partial charge on any atom is -0.478 e. The molecule has 14 heteroatoms. The summed E-state index contributed by atoms with van der Waals surface area (Å²) in [6, 6.07) is 5.19. The predicted octanol–water partition coefficient (Wildman–Crippen LogP) is 0.973. The highest BCUT2D eigenvalue weighted by atomic mass is 19.1. The van der Waals surface area contributed by atoms with E-state index in [9.17, 15) is 33.8 Å². The predicted molar refractivity (Wildman–Crippen MR) is 149 cm³/mol. The van der Waals surface area contributed by atoms with Crippen LogP contribution >= 0.6 is 0 Å². The first-order valence-electron chi connectivity index (χ1n) is 13.9. The number of carbonyl (C=O) groups excluding carboxylic acids is 2. The molecule has 2 saturated heterocycles. The fourth-order valence-electron chi connectivity index (χ4n) is 5.43. The summed E-state index contributed by atoms with van der Waals surface area (Å²) >= 11 is 0. The second-order valence-corrected chi connectivity index (χ2v) is 10.9. The Morgan fingerprint density at radius 2 is 1.83 bits per heavy atom. The number of hydrazine groups is 2. The van der Waals surface area contributed by atoms with E-state index < -0.39 is 29.4 Å². The van der Waals surface area contributed by atoms with Crippen LogP contribution in [-0.4, -0.2) is 101 Å². The number of amides is 2. The average molecular weight is 589 g/mol. The maximum Gasteiger partial charge on any atom is 0.356 e. The number of anilines is 1. The second kappa shape index (κ2) is 13.2. The molecule has 0 saturated carbocycles. The fourth-order valence-corrected chi connectivity index (χ4v) is 5.43. The molecular weight excluding hydrogens is 551 g/mol. The van der Waals surface area contributed by atoms with Gasteiger partial charge in [-0.05, 0) is 31.4 Å². The third-order valence-corrected chi connectivity index (χ3v) is 7.36. The largest absolute Gasteiger partial charge is 0.478 e. The van der Waals surface area contributed by atoms with Gasteiger partial charge in [0.15, 0.2) is 5.70 Å². The molecule has 2 fully saturated rings. The van der Waals surface area contributed by atoms with Gasteiger partial charge in [0.1, 0.15) is 17.2 Å². The zero-order valence-corrected chi connectivity index (χ0v) is 23.9. The van der Waals surface area contributed by atoms with Crippen LogP contribution in [0.15, 0.2) is 47.4 Å². The highest BCUT2D eigenvalue weighted by molar-refractivity contribution is 5.97. The van der Waals surface area contributed by atoms with Crippen LogP contribution in [0.25, 0.3) is 0 Å². The van der Waals surface area contributed by atoms with Crippen molar-refractivity contribution in [1.82, 2.24) is 25.7 Å². The van der Waals surface area contributed by atoms with Crippen LogP contribution in [0.5, 0.6) is 0 Å². The molecule has 0 spiro atoms. The van der Waals surface area contributed by atoms with Crippen molar-refractivity contribution in [3.8, 4) is 0 Å². The van der Waals surface area contributed by atoms with Gasteiger partial charge in [0.2, 0.25) is 5.91 Å². The van der Waals surface area contributed by atoms with Crippen molar-refractivity contribution in [3.63, 3.8) is 0 Å². The Morgan fingerprint density at radius 3 is 2.45 bits per heavy atom. The fraction of sp³-hybridized carbons (Fsp3) is 0.500. The number of nitrogens with one attached hydrogen (secondary N) is 2. The number of carbonyl (C=O) groups is 4. The number of carboxylic acid groups (broad SMARTS) is 2. The molecule has 3 heterocycles. The lowest BCUT2D eigenvalue weighted by molar-refractivity contribution is -0.142. The average Bonchev–Trinajstić information content (AvgIpc) is 3.30. The molecule has 2 amide bonds. The monoisotopic (exact) mass is 588 g/mol. The number of halogens is 1. The molecule has 2 atom stereocenters. The topological polar surface area (TPSA) is 155 Å². The van der Waals surface area contributed by atoms with Crippen LogP contribution in [-0.2, 0) is 23.9 Å². The number of benzene rings is 1. The summed E-state index contributed by atoms with van der Waals surface area (Å²) in [4.78, 5) is 54.5. The van der Waals surface area contributed by atoms with E-state index in [-0.39, 0.29) is 40.9 Å². The summed E-state index contributed by atoms with van der Waals surface area (Å²) in [6.45, 7) is 8.67. The van der Waals surface area contributed by atoms with Gasteiger partial charge in [0.05, 0.1) is 30.9 Å². The van der Waals surface area contributed by atoms with E-state index in [1.54, 1.807) is 9.80 Å². The molecule has 42 heavy (non-hydrogen) atoms. The number of morpholine rings is 1. The van der Waals surface area contributed by atoms with Crippen LogP contribution in [0.3, 0.4) is 0 Å². The Kier molecular flexibility index (Phi) is 9.68. The number of hydrogen-bond acceptors (Lipinski definition) is 9. The lowest BCUT2D eigenvalue weighted by Crippen LogP contribution is -2.56. The van der Waals surface area contributed by atoms with Crippen molar-refractivity contribution in [2.75, 3.05) is 50.9 Å². The number of allylic oxidation sites excluding steroid dienone is 1. The van der Waals surface area contributed by atoms with Crippen LogP contribution in [0.2, 0.25) is 0 Å². The van der Waals surface area contributed by atoms with Crippen molar-refractivity contribution in [2.24, 2.45) is 11.8 Å². The summed E-state index contributed by atoms with van der Waals surface area (Å²) in [7, 11) is 0. The molecule has 0 aliphatic carbocycles. The van der Waals surface area contributed by atoms with Gasteiger partial charge in [-0.1, -0.05) is 26.0 Å². The Balaban J connectivity index is 1.68. The Morgan fingerprint density at radius 1 is 1.14 bits per heavy atom. The van der Waals surface area contributed by atoms with Gasteiger partial charge < -0.3 is 30.1 Å². The molecular formula is C28H37FN6O7. The van der Waals surface area contributed by atoms with Gasteiger partial charge in [-0.25, -0.2) is 19.0 Å². The molecule has 13 nitrogen and oxygen atoms in total. The third kappa shape index (κ3) is 6.65. The second-order valence-electron chi connectivity index (χ2n) is 10.9. The number of carboxylic acids is 2. The summed E-state index contributed by atoms with van der Waals surface area (Å²) < 4.78 is 20.4. The van der Waals surface area contributed by atoms with Crippen molar-refractivity contribution in [1.29, 1.82) is 0 Å². The number of rotatable bonds is 9. The Bertz CT molecular complexity index is 1280. The number of aliphatic carboxylic acids is 2. The van der Waals surface area contributed by atoms with Crippen LogP contribution in [0, 0.1) is 17.7 Å². The first-order chi connectivity index (χ1) is 20.0. The minimum atomic E-state index is -1.60. The molecule has 0 radical (unpaired) electrons. The highest BCUT2D eigenvalue weighted by Crippen LogP contribution is 2.33. The lowest BCUT2D eigenvalue weighted by Gasteiger charge is -2.40. The summed E-state index contributed by atoms with van der Waals surface area (Å²) in [5, 5.41) is 24.5. The number of piperidine rings is 1. The molecule has 3 aliphatic rings. The summed E-state index contributed by atoms with van der Waals surface area (Å²) in [6.07, 6.45) is 0.886. The molecule has 0 unspecified atom stereocenters. The number of ether oxygens (including phenoxy) is 1. The van der Waals surface area contributed by atoms with E-state index in [1.807, 2.05) is 13.8 Å². The standard InChI is InChI=1S/C28H37FN6O7/c1-17(2)16-33(20-12-19(14-30-15-20)26(38)32-8-10-42-11-9-32)27(39)25-18(3)34(22-7-5-4-6-21(22)29)35(31-25)23(28(40)41)13-24(36)37/h4-7,13,17,19-20,30-31H,8-12,14-16H2,1-3H3,(H,36,37)(H,40,41)/b23-13+/t19-,20+/m1/s1. The number of nitrogens with zero attached hydrogens (tertiary/aromatic N) is 4. The molecule has 1 aromatic rings. The van der Waals surface area contributed by atoms with Crippen LogP contribution in [0.1, 0.15) is 27.2 Å². The highest BCUT2D eigenvalue weighted by Gasteiger charge is 2.41. The maximum atomic E-state index is 15.0. The molecule has 4 N–H and O–H groups in total. The van der Waals surface area contributed by atoms with Gasteiger partial charge in [0.25, 0.3) is 5.91 Å². The molecule has 3 aliphatic heterocycles. The van der Waals surface area contributed by atoms with E-state index in [4.69, 9.17) is 4.74 Å². The van der Waals surface area contributed by atoms with Gasteiger partial charge in [-0.3, -0.25) is 15.0 Å². The Hall–Kier alpha value is -4.17. The van der Waals surface area contributed by atoms with E-state index in [1.165, 1.54) is 31.2 Å². The van der Waals surface area contributed by atoms with E-state index in [0.717, 1.165) is 10.1 Å². The van der Waals surface area contributed by atoms with E-state index in [0.29, 0.717) is 58.4 Å². The zero-order chi connectivity index (χ0) is 30.6. The van der Waals surface area contributed by atoms with Crippen molar-refractivity contribution < 1.29 is 38.5 Å². The van der Waals surface area contributed by atoms with Crippen molar-refractivity contribution in [3.05, 3.63) is 53.2 Å². The van der Waals surface area contributed by atoms with Gasteiger partial charge in [-0.15, -0.1) is 0 Å². The van der Waals surface area contributed by atoms with Crippen LogP contribution < -0.4 is 15.8 Å². The van der Waals surface area contributed by atoms with Gasteiger partial charge in [0, 0.05) is 38.8 Å². The molecule has 0 aromatic heterocycles. The Labute approximate surface area is 243 Å². The molecule has 228 valence electrons. The maximum absolute atomic E-state index is 15.0. The van der Waals surface area contributed by atoms with E-state index >= 15 is 0 Å². The lowest BCUT2D eigenvalue weighted by atomic mass is 9.92. The number of hydrogen-bond donors (Lipinski definition) is 4. The summed E-state index contributed by atoms with van der Waals surface area (Å²) in [5.41, 5.74) is 2.04.